The number of halogens is 1. The van der Waals surface area contributed by atoms with Crippen molar-refractivity contribution in [2.45, 2.75) is 45.3 Å². The predicted octanol–water partition coefficient (Wildman–Crippen LogP) is 3.86. The van der Waals surface area contributed by atoms with Crippen LogP contribution in [-0.4, -0.2) is 34.4 Å². The molecule has 3 N–H and O–H groups in total. The minimum absolute atomic E-state index is 0.0605. The number of hydrogen-bond donors (Lipinski definition) is 3. The molecule has 162 valence electrons. The standard InChI is InChI=1S/C24H27FN4O2/c1-2-5-22(28-24(31)26-14-16-8-10-17(25)11-9-16)23(30)29-13-12-21-19(15-29)18-6-3-4-7-20(18)27-21/h3-4,6-11,22,27H,2,5,12-15H2,1H3,(H2,26,28,31)/t22-/m1/s1. The molecule has 3 amide bonds. The number of aromatic nitrogens is 1. The summed E-state index contributed by atoms with van der Waals surface area (Å²) in [6.45, 7) is 3.42. The molecule has 1 aliphatic heterocycles. The van der Waals surface area contributed by atoms with Crippen LogP contribution in [0.5, 0.6) is 0 Å². The van der Waals surface area contributed by atoms with Gasteiger partial charge in [-0.25, -0.2) is 9.18 Å². The molecule has 0 bridgehead atoms. The second kappa shape index (κ2) is 9.20. The first-order valence-electron chi connectivity index (χ1n) is 10.7. The number of aromatic amines is 1. The monoisotopic (exact) mass is 422 g/mol. The van der Waals surface area contributed by atoms with Gasteiger partial charge in [0.1, 0.15) is 11.9 Å². The number of hydrogen-bond acceptors (Lipinski definition) is 2. The third-order valence-corrected chi connectivity index (χ3v) is 5.74. The van der Waals surface area contributed by atoms with E-state index in [0.29, 0.717) is 19.5 Å². The molecule has 0 fully saturated rings. The van der Waals surface area contributed by atoms with E-state index >= 15 is 0 Å². The summed E-state index contributed by atoms with van der Waals surface area (Å²) in [4.78, 5) is 30.9. The van der Waals surface area contributed by atoms with Gasteiger partial charge in [-0.3, -0.25) is 4.79 Å². The lowest BCUT2D eigenvalue weighted by atomic mass is 10.0. The van der Waals surface area contributed by atoms with Crippen LogP contribution < -0.4 is 10.6 Å². The number of amides is 3. The van der Waals surface area contributed by atoms with E-state index in [9.17, 15) is 14.0 Å². The van der Waals surface area contributed by atoms with Gasteiger partial charge in [-0.05, 0) is 30.2 Å². The molecular weight excluding hydrogens is 395 g/mol. The van der Waals surface area contributed by atoms with Crippen LogP contribution in [0.3, 0.4) is 0 Å². The number of nitrogens with one attached hydrogen (secondary N) is 3. The van der Waals surface area contributed by atoms with Crippen LogP contribution in [0.4, 0.5) is 9.18 Å². The molecule has 6 nitrogen and oxygen atoms in total. The Kier molecular flexibility index (Phi) is 6.21. The Hall–Kier alpha value is -3.35. The van der Waals surface area contributed by atoms with Crippen molar-refractivity contribution >= 4 is 22.8 Å². The van der Waals surface area contributed by atoms with Gasteiger partial charge < -0.3 is 20.5 Å². The van der Waals surface area contributed by atoms with E-state index < -0.39 is 12.1 Å². The highest BCUT2D eigenvalue weighted by molar-refractivity contribution is 5.89. The van der Waals surface area contributed by atoms with Crippen molar-refractivity contribution in [3.63, 3.8) is 0 Å². The van der Waals surface area contributed by atoms with Crippen molar-refractivity contribution in [3.8, 4) is 0 Å². The van der Waals surface area contributed by atoms with Crippen LogP contribution >= 0.6 is 0 Å². The summed E-state index contributed by atoms with van der Waals surface area (Å²) in [5.41, 5.74) is 4.22. The van der Waals surface area contributed by atoms with Gasteiger partial charge in [-0.15, -0.1) is 0 Å². The van der Waals surface area contributed by atoms with Gasteiger partial charge in [0.15, 0.2) is 0 Å². The zero-order valence-corrected chi connectivity index (χ0v) is 17.6. The average molecular weight is 423 g/mol. The molecule has 0 spiro atoms. The first kappa shape index (κ1) is 20.9. The number of nitrogens with zero attached hydrogens (tertiary/aromatic N) is 1. The molecule has 1 aromatic heterocycles. The van der Waals surface area contributed by atoms with Gasteiger partial charge in [-0.2, -0.15) is 0 Å². The molecule has 0 radical (unpaired) electrons. The van der Waals surface area contributed by atoms with Gasteiger partial charge in [0.05, 0.1) is 0 Å². The number of urea groups is 1. The van der Waals surface area contributed by atoms with Crippen LogP contribution in [0, 0.1) is 5.82 Å². The van der Waals surface area contributed by atoms with Crippen molar-refractivity contribution in [3.05, 3.63) is 71.2 Å². The van der Waals surface area contributed by atoms with Crippen molar-refractivity contribution in [1.29, 1.82) is 0 Å². The second-order valence-electron chi connectivity index (χ2n) is 7.93. The Morgan fingerprint density at radius 2 is 1.94 bits per heavy atom. The van der Waals surface area contributed by atoms with Crippen LogP contribution in [0.1, 0.15) is 36.6 Å². The van der Waals surface area contributed by atoms with Crippen LogP contribution in [0.25, 0.3) is 10.9 Å². The van der Waals surface area contributed by atoms with Crippen LogP contribution in [-0.2, 0) is 24.3 Å². The molecule has 4 rings (SSSR count). The van der Waals surface area contributed by atoms with E-state index in [1.54, 1.807) is 12.1 Å². The predicted molar refractivity (Wildman–Crippen MR) is 118 cm³/mol. The minimum atomic E-state index is -0.579. The molecule has 2 aromatic carbocycles. The highest BCUT2D eigenvalue weighted by Crippen LogP contribution is 2.28. The normalized spacial score (nSPS) is 14.2. The van der Waals surface area contributed by atoms with Crippen molar-refractivity contribution in [2.75, 3.05) is 6.54 Å². The molecule has 1 atom stereocenters. The molecule has 0 saturated heterocycles. The molecule has 1 aliphatic rings. The van der Waals surface area contributed by atoms with Gasteiger partial charge in [0.25, 0.3) is 0 Å². The maximum atomic E-state index is 13.2. The highest BCUT2D eigenvalue weighted by atomic mass is 19.1. The Morgan fingerprint density at radius 3 is 2.71 bits per heavy atom. The largest absolute Gasteiger partial charge is 0.358 e. The fourth-order valence-corrected chi connectivity index (χ4v) is 4.11. The summed E-state index contributed by atoms with van der Waals surface area (Å²) < 4.78 is 13.0. The topological polar surface area (TPSA) is 77.2 Å². The summed E-state index contributed by atoms with van der Waals surface area (Å²) in [7, 11) is 0. The molecular formula is C24H27FN4O2. The molecule has 2 heterocycles. The zero-order valence-electron chi connectivity index (χ0n) is 17.6. The molecule has 31 heavy (non-hydrogen) atoms. The van der Waals surface area contributed by atoms with Crippen molar-refractivity contribution < 1.29 is 14.0 Å². The summed E-state index contributed by atoms with van der Waals surface area (Å²) in [6.07, 6.45) is 2.12. The van der Waals surface area contributed by atoms with E-state index in [1.807, 2.05) is 30.0 Å². The number of carbonyl (C=O) groups is 2. The average Bonchev–Trinajstić information content (AvgIpc) is 3.16. The van der Waals surface area contributed by atoms with Crippen LogP contribution in [0.15, 0.2) is 48.5 Å². The first-order valence-corrected chi connectivity index (χ1v) is 10.7. The number of para-hydroxylation sites is 1. The van der Waals surface area contributed by atoms with E-state index in [0.717, 1.165) is 34.9 Å². The second-order valence-corrected chi connectivity index (χ2v) is 7.93. The summed E-state index contributed by atoms with van der Waals surface area (Å²) >= 11 is 0. The lowest BCUT2D eigenvalue weighted by Gasteiger charge is -2.31. The molecule has 7 heteroatoms. The number of fused-ring (bicyclic) bond motifs is 3. The number of rotatable bonds is 6. The molecule has 3 aromatic rings. The lowest BCUT2D eigenvalue weighted by molar-refractivity contribution is -0.134. The maximum Gasteiger partial charge on any atom is 0.315 e. The van der Waals surface area contributed by atoms with Gasteiger partial charge in [-0.1, -0.05) is 43.7 Å². The molecule has 0 saturated carbocycles. The maximum absolute atomic E-state index is 13.2. The summed E-state index contributed by atoms with van der Waals surface area (Å²) in [5, 5.41) is 6.73. The first-order chi connectivity index (χ1) is 15.0. The Labute approximate surface area is 180 Å². The van der Waals surface area contributed by atoms with Gasteiger partial charge in [0, 0.05) is 48.2 Å². The van der Waals surface area contributed by atoms with Crippen molar-refractivity contribution in [1.82, 2.24) is 20.5 Å². The smallest absolute Gasteiger partial charge is 0.315 e. The molecule has 0 unspecified atom stereocenters. The summed E-state index contributed by atoms with van der Waals surface area (Å²) in [5.74, 6) is -0.378. The van der Waals surface area contributed by atoms with Gasteiger partial charge >= 0.3 is 6.03 Å². The van der Waals surface area contributed by atoms with Crippen LogP contribution in [0.2, 0.25) is 0 Å². The number of carbonyl (C=O) groups excluding carboxylic acids is 2. The minimum Gasteiger partial charge on any atom is -0.358 e. The fraction of sp³-hybridized carbons (Fsp3) is 0.333. The lowest BCUT2D eigenvalue weighted by Crippen LogP contribution is -2.52. The zero-order chi connectivity index (χ0) is 21.8. The van der Waals surface area contributed by atoms with Gasteiger partial charge in [0.2, 0.25) is 5.91 Å². The highest BCUT2D eigenvalue weighted by Gasteiger charge is 2.29. The van der Waals surface area contributed by atoms with E-state index in [-0.39, 0.29) is 18.3 Å². The van der Waals surface area contributed by atoms with E-state index in [1.165, 1.54) is 17.8 Å². The Balaban J connectivity index is 1.40. The van der Waals surface area contributed by atoms with E-state index in [4.69, 9.17) is 0 Å². The number of H-pyrrole nitrogens is 1. The fourth-order valence-electron chi connectivity index (χ4n) is 4.11. The third-order valence-electron chi connectivity index (χ3n) is 5.74. The summed E-state index contributed by atoms with van der Waals surface area (Å²) in [6, 6.07) is 13.1. The van der Waals surface area contributed by atoms with E-state index in [2.05, 4.69) is 21.7 Å². The third kappa shape index (κ3) is 4.71. The SMILES string of the molecule is CCC[C@@H](NC(=O)NCc1ccc(F)cc1)C(=O)N1CCc2[nH]c3ccccc3c2C1. The quantitative estimate of drug-likeness (QED) is 0.564. The Morgan fingerprint density at radius 1 is 1.16 bits per heavy atom. The number of benzene rings is 2. The van der Waals surface area contributed by atoms with Crippen molar-refractivity contribution in [2.24, 2.45) is 0 Å². The Bertz CT molecular complexity index is 1080. The molecule has 0 aliphatic carbocycles.